The maximum Gasteiger partial charge on any atom is 0.315 e. The van der Waals surface area contributed by atoms with Gasteiger partial charge in [-0.25, -0.2) is 4.79 Å². The number of rotatable bonds is 7. The first kappa shape index (κ1) is 40.6. The van der Waals surface area contributed by atoms with Gasteiger partial charge < -0.3 is 30.9 Å². The third-order valence-electron chi connectivity index (χ3n) is 12.1. The second-order valence-electron chi connectivity index (χ2n) is 18.6. The van der Waals surface area contributed by atoms with E-state index in [0.29, 0.717) is 26.0 Å². The highest BCUT2D eigenvalue weighted by molar-refractivity contribution is 6.38. The van der Waals surface area contributed by atoms with Crippen molar-refractivity contribution in [3.63, 3.8) is 0 Å². The number of carbonyl (C=O) groups is 7. The summed E-state index contributed by atoms with van der Waals surface area (Å²) in [7, 11) is 0. The Balaban J connectivity index is 1.36. The van der Waals surface area contributed by atoms with Crippen LogP contribution in [0.2, 0.25) is 0 Å². The minimum Gasteiger partial charge on any atom is -0.376 e. The molecule has 7 atom stereocenters. The fraction of sp³-hybridized carbons (Fsp3) is 0.821. The van der Waals surface area contributed by atoms with E-state index in [4.69, 9.17) is 4.74 Å². The molecule has 3 saturated heterocycles. The molecule has 296 valence electrons. The van der Waals surface area contributed by atoms with E-state index in [2.05, 4.69) is 35.1 Å². The highest BCUT2D eigenvalue weighted by Crippen LogP contribution is 2.65. The number of likely N-dealkylation sites (tertiary alicyclic amines) is 1. The van der Waals surface area contributed by atoms with E-state index in [1.54, 1.807) is 6.92 Å². The minimum absolute atomic E-state index is 0.00371. The number of carbonyl (C=O) groups excluding carboxylic acids is 7. The molecule has 5 fully saturated rings. The van der Waals surface area contributed by atoms with Gasteiger partial charge in [0, 0.05) is 38.6 Å². The van der Waals surface area contributed by atoms with Crippen molar-refractivity contribution in [2.24, 2.45) is 28.1 Å². The van der Waals surface area contributed by atoms with Gasteiger partial charge in [0.25, 0.3) is 5.91 Å². The Morgan fingerprint density at radius 1 is 0.906 bits per heavy atom. The summed E-state index contributed by atoms with van der Waals surface area (Å²) in [6.45, 7) is 16.0. The predicted molar refractivity (Wildman–Crippen MR) is 196 cm³/mol. The number of nitrogens with one attached hydrogen (secondary N) is 4. The van der Waals surface area contributed by atoms with Crippen molar-refractivity contribution in [3.8, 4) is 0 Å². The van der Waals surface area contributed by atoms with Gasteiger partial charge >= 0.3 is 6.03 Å². The Morgan fingerprint density at radius 2 is 1.53 bits per heavy atom. The van der Waals surface area contributed by atoms with Gasteiger partial charge in [0.1, 0.15) is 12.1 Å². The Kier molecular flexibility index (Phi) is 12.0. The number of Topliss-reactive ketones (excluding diaryl/α,β-unsaturated/α-hetero) is 1. The van der Waals surface area contributed by atoms with E-state index in [9.17, 15) is 33.6 Å². The van der Waals surface area contributed by atoms with Crippen LogP contribution in [0.25, 0.3) is 0 Å². The molecule has 0 aromatic rings. The lowest BCUT2D eigenvalue weighted by atomic mass is 9.80. The van der Waals surface area contributed by atoms with Gasteiger partial charge in [-0.05, 0) is 60.7 Å². The van der Waals surface area contributed by atoms with Gasteiger partial charge in [0.05, 0.1) is 18.2 Å². The molecule has 2 aliphatic carbocycles. The molecule has 14 nitrogen and oxygen atoms in total. The summed E-state index contributed by atoms with van der Waals surface area (Å²) in [4.78, 5) is 97.6. The van der Waals surface area contributed by atoms with Crippen LogP contribution in [0.4, 0.5) is 4.79 Å². The van der Waals surface area contributed by atoms with Crippen molar-refractivity contribution in [2.75, 3.05) is 19.7 Å². The molecular formula is C39H62N6O8. The molecular weight excluding hydrogens is 680 g/mol. The van der Waals surface area contributed by atoms with E-state index in [0.717, 1.165) is 38.5 Å². The van der Waals surface area contributed by atoms with Crippen LogP contribution >= 0.6 is 0 Å². The number of hydrogen-bond donors (Lipinski definition) is 4. The lowest BCUT2D eigenvalue weighted by Crippen LogP contribution is -2.63. The molecule has 0 spiro atoms. The molecule has 0 radical (unpaired) electrons. The van der Waals surface area contributed by atoms with Gasteiger partial charge in [-0.15, -0.1) is 0 Å². The van der Waals surface area contributed by atoms with Crippen LogP contribution in [0.1, 0.15) is 120 Å². The second-order valence-corrected chi connectivity index (χ2v) is 18.6. The van der Waals surface area contributed by atoms with E-state index in [1.807, 2.05) is 34.6 Å². The monoisotopic (exact) mass is 742 g/mol. The maximum atomic E-state index is 14.6. The standard InChI is InChI=1S/C39H62N6O8/c1-22-30(43-36(52)42-26(37(2,3)4)21-44-27(46)18-38(5,6)19-28(44)47)35(51)45-20-24-29(39(24,7)8)31(45)33(49)41-25(14-12-10-9-11-13-17-53-22)32(48)34(50)40-23-15-16-23/h22-26,29-31H,9-21H2,1-8H3,(H,40,50)(H,41,49)(H2,42,43,52)/t22-,24-,25+,26+,29-,30-,31-/m0/s1. The van der Waals surface area contributed by atoms with E-state index >= 15 is 0 Å². The third-order valence-corrected chi connectivity index (χ3v) is 12.1. The lowest BCUT2D eigenvalue weighted by molar-refractivity contribution is -0.153. The fourth-order valence-electron chi connectivity index (χ4n) is 8.36. The minimum atomic E-state index is -1.17. The average Bonchev–Trinajstić information content (AvgIpc) is 3.90. The molecule has 14 heteroatoms. The Hall–Kier alpha value is -3.55. The SMILES string of the molecule is C[C@@H]1OCCCCCCC[C@H](C(=O)C(=O)NC2CC2)NC(=O)[C@@H]2[C@@H]3[C@H](CN2C(=O)[C@H]1NC(=O)N[C@H](CN1C(=O)CC(C)(C)CC1=O)C(C)(C)C)C3(C)C. The van der Waals surface area contributed by atoms with Crippen molar-refractivity contribution in [1.29, 1.82) is 0 Å². The lowest BCUT2D eigenvalue weighted by Gasteiger charge is -2.40. The van der Waals surface area contributed by atoms with Crippen molar-refractivity contribution in [3.05, 3.63) is 0 Å². The number of piperidine rings is 2. The fourth-order valence-corrected chi connectivity index (χ4v) is 8.36. The second kappa shape index (κ2) is 15.7. The highest BCUT2D eigenvalue weighted by Gasteiger charge is 2.69. The summed E-state index contributed by atoms with van der Waals surface area (Å²) in [5.41, 5.74) is -1.22. The molecule has 7 amide bonds. The molecule has 0 unspecified atom stereocenters. The molecule has 2 saturated carbocycles. The van der Waals surface area contributed by atoms with Gasteiger partial charge in [0.2, 0.25) is 29.4 Å². The van der Waals surface area contributed by atoms with Crippen LogP contribution in [0.3, 0.4) is 0 Å². The van der Waals surface area contributed by atoms with Gasteiger partial charge in [-0.2, -0.15) is 0 Å². The normalized spacial score (nSPS) is 31.5. The number of urea groups is 1. The number of amides is 7. The predicted octanol–water partition coefficient (Wildman–Crippen LogP) is 2.82. The third kappa shape index (κ3) is 9.58. The molecule has 0 aromatic heterocycles. The zero-order valence-corrected chi connectivity index (χ0v) is 33.0. The highest BCUT2D eigenvalue weighted by atomic mass is 16.5. The van der Waals surface area contributed by atoms with Crippen LogP contribution in [0.15, 0.2) is 0 Å². The topological polar surface area (TPSA) is 183 Å². The van der Waals surface area contributed by atoms with Crippen molar-refractivity contribution >= 4 is 41.4 Å². The van der Waals surface area contributed by atoms with Gasteiger partial charge in [-0.3, -0.25) is 33.7 Å². The summed E-state index contributed by atoms with van der Waals surface area (Å²) in [6.07, 6.45) is 5.58. The quantitative estimate of drug-likeness (QED) is 0.227. The van der Waals surface area contributed by atoms with Gasteiger partial charge in [-0.1, -0.05) is 74.1 Å². The van der Waals surface area contributed by atoms with Crippen molar-refractivity contribution < 1.29 is 38.3 Å². The number of hydrogen-bond acceptors (Lipinski definition) is 8. The van der Waals surface area contributed by atoms with Crippen LogP contribution in [-0.2, 0) is 33.5 Å². The summed E-state index contributed by atoms with van der Waals surface area (Å²) in [6, 6.07) is -4.38. The van der Waals surface area contributed by atoms with Crippen LogP contribution in [-0.4, -0.2) is 107 Å². The van der Waals surface area contributed by atoms with Crippen LogP contribution < -0.4 is 21.3 Å². The van der Waals surface area contributed by atoms with Crippen molar-refractivity contribution in [2.45, 2.75) is 156 Å². The first-order valence-corrected chi connectivity index (χ1v) is 19.7. The number of fused-ring (bicyclic) bond motifs is 3. The number of ether oxygens (including phenoxy) is 1. The zero-order valence-electron chi connectivity index (χ0n) is 33.0. The van der Waals surface area contributed by atoms with Crippen LogP contribution in [0.5, 0.6) is 0 Å². The van der Waals surface area contributed by atoms with Crippen molar-refractivity contribution in [1.82, 2.24) is 31.1 Å². The smallest absolute Gasteiger partial charge is 0.315 e. The molecule has 53 heavy (non-hydrogen) atoms. The summed E-state index contributed by atoms with van der Waals surface area (Å²) < 4.78 is 6.16. The summed E-state index contributed by atoms with van der Waals surface area (Å²) in [5, 5.41) is 11.4. The van der Waals surface area contributed by atoms with Crippen LogP contribution in [0, 0.1) is 28.1 Å². The Morgan fingerprint density at radius 3 is 2.15 bits per heavy atom. The average molecular weight is 743 g/mol. The molecule has 0 aromatic carbocycles. The Labute approximate surface area is 314 Å². The number of imide groups is 1. The van der Waals surface area contributed by atoms with E-state index in [-0.39, 0.29) is 54.5 Å². The first-order chi connectivity index (χ1) is 24.7. The molecule has 5 aliphatic rings. The summed E-state index contributed by atoms with van der Waals surface area (Å²) in [5.74, 6) is -3.02. The molecule has 4 N–H and O–H groups in total. The first-order valence-electron chi connectivity index (χ1n) is 19.7. The molecule has 0 bridgehead atoms. The molecule has 3 aliphatic heterocycles. The molecule has 3 heterocycles. The van der Waals surface area contributed by atoms with Gasteiger partial charge in [0.15, 0.2) is 0 Å². The summed E-state index contributed by atoms with van der Waals surface area (Å²) >= 11 is 0. The number of ketones is 1. The maximum absolute atomic E-state index is 14.6. The van der Waals surface area contributed by atoms with E-state index < -0.39 is 70.6 Å². The largest absolute Gasteiger partial charge is 0.376 e. The number of nitrogens with zero attached hydrogens (tertiary/aromatic N) is 2. The molecule has 5 rings (SSSR count). The van der Waals surface area contributed by atoms with E-state index in [1.165, 1.54) is 9.80 Å². The zero-order chi connectivity index (χ0) is 39.0. The Bertz CT molecular complexity index is 1450.